The molecule has 1 heteroatoms. The van der Waals surface area contributed by atoms with E-state index in [4.69, 9.17) is 0 Å². The Bertz CT molecular complexity index is 420. The largest absolute Gasteiger partial charge is 0.313 e. The topological polar surface area (TPSA) is 12.0 Å². The average molecular weight is 271 g/mol. The van der Waals surface area contributed by atoms with Crippen LogP contribution < -0.4 is 5.32 Å². The van der Waals surface area contributed by atoms with E-state index in [1.165, 1.54) is 57.9 Å². The molecule has 3 rings (SSSR count). The van der Waals surface area contributed by atoms with Crippen molar-refractivity contribution in [2.45, 2.75) is 70.3 Å². The third kappa shape index (κ3) is 2.93. The lowest BCUT2D eigenvalue weighted by atomic mass is 9.74. The van der Waals surface area contributed by atoms with E-state index in [9.17, 15) is 0 Å². The Morgan fingerprint density at radius 1 is 1.10 bits per heavy atom. The van der Waals surface area contributed by atoms with Crippen molar-refractivity contribution < 1.29 is 0 Å². The molecule has 0 heterocycles. The van der Waals surface area contributed by atoms with Gasteiger partial charge in [-0.05, 0) is 68.0 Å². The molecule has 0 bridgehead atoms. The van der Waals surface area contributed by atoms with Gasteiger partial charge in [0.2, 0.25) is 0 Å². The Morgan fingerprint density at radius 2 is 1.90 bits per heavy atom. The second-order valence-electron chi connectivity index (χ2n) is 6.72. The predicted octanol–water partition coefficient (Wildman–Crippen LogP) is 4.66. The second kappa shape index (κ2) is 6.76. The number of rotatable bonds is 5. The Labute approximate surface area is 124 Å². The lowest BCUT2D eigenvalue weighted by Crippen LogP contribution is -2.42. The molecule has 110 valence electrons. The SMILES string of the molecule is CCCNC(C1CCCC1)C1CCCc2ccccc21. The molecule has 0 radical (unpaired) electrons. The van der Waals surface area contributed by atoms with Crippen LogP contribution in [0.2, 0.25) is 0 Å². The lowest BCUT2D eigenvalue weighted by Gasteiger charge is -2.36. The van der Waals surface area contributed by atoms with Crippen LogP contribution in [0.25, 0.3) is 0 Å². The molecular weight excluding hydrogens is 242 g/mol. The number of fused-ring (bicyclic) bond motifs is 1. The van der Waals surface area contributed by atoms with E-state index in [1.54, 1.807) is 11.1 Å². The smallest absolute Gasteiger partial charge is 0.0164 e. The zero-order chi connectivity index (χ0) is 13.8. The zero-order valence-electron chi connectivity index (χ0n) is 12.9. The molecule has 2 unspecified atom stereocenters. The average Bonchev–Trinajstić information content (AvgIpc) is 3.02. The van der Waals surface area contributed by atoms with Crippen molar-refractivity contribution in [2.75, 3.05) is 6.54 Å². The molecule has 0 saturated heterocycles. The van der Waals surface area contributed by atoms with Crippen molar-refractivity contribution in [3.63, 3.8) is 0 Å². The van der Waals surface area contributed by atoms with Gasteiger partial charge in [-0.2, -0.15) is 0 Å². The maximum atomic E-state index is 3.92. The first-order valence-electron chi connectivity index (χ1n) is 8.71. The summed E-state index contributed by atoms with van der Waals surface area (Å²) in [5.41, 5.74) is 3.27. The molecule has 1 N–H and O–H groups in total. The van der Waals surface area contributed by atoms with Crippen LogP contribution in [0.1, 0.15) is 68.9 Å². The molecule has 0 aromatic heterocycles. The monoisotopic (exact) mass is 271 g/mol. The zero-order valence-corrected chi connectivity index (χ0v) is 12.9. The van der Waals surface area contributed by atoms with Gasteiger partial charge in [-0.3, -0.25) is 0 Å². The number of benzene rings is 1. The quantitative estimate of drug-likeness (QED) is 0.821. The summed E-state index contributed by atoms with van der Waals surface area (Å²) in [5, 5.41) is 3.92. The number of nitrogens with one attached hydrogen (secondary N) is 1. The Kier molecular flexibility index (Phi) is 4.77. The van der Waals surface area contributed by atoms with Crippen molar-refractivity contribution in [2.24, 2.45) is 5.92 Å². The summed E-state index contributed by atoms with van der Waals surface area (Å²) < 4.78 is 0. The summed E-state index contributed by atoms with van der Waals surface area (Å²) in [4.78, 5) is 0. The fraction of sp³-hybridized carbons (Fsp3) is 0.684. The molecular formula is C19H29N. The fourth-order valence-electron chi connectivity index (χ4n) is 4.43. The van der Waals surface area contributed by atoms with Crippen LogP contribution in [0, 0.1) is 5.92 Å². The third-order valence-corrected chi connectivity index (χ3v) is 5.39. The van der Waals surface area contributed by atoms with E-state index in [0.717, 1.165) is 17.9 Å². The number of hydrogen-bond acceptors (Lipinski definition) is 1. The predicted molar refractivity (Wildman–Crippen MR) is 86.2 cm³/mol. The molecule has 2 aliphatic rings. The van der Waals surface area contributed by atoms with Crippen molar-refractivity contribution in [1.29, 1.82) is 0 Å². The summed E-state index contributed by atoms with van der Waals surface area (Å²) in [7, 11) is 0. The molecule has 1 saturated carbocycles. The van der Waals surface area contributed by atoms with Crippen LogP contribution >= 0.6 is 0 Å². The minimum atomic E-state index is 0.721. The highest BCUT2D eigenvalue weighted by molar-refractivity contribution is 5.34. The fourth-order valence-corrected chi connectivity index (χ4v) is 4.43. The Morgan fingerprint density at radius 3 is 2.70 bits per heavy atom. The highest BCUT2D eigenvalue weighted by Crippen LogP contribution is 2.40. The van der Waals surface area contributed by atoms with E-state index in [0.29, 0.717) is 0 Å². The van der Waals surface area contributed by atoms with Gasteiger partial charge in [0, 0.05) is 6.04 Å². The molecule has 20 heavy (non-hydrogen) atoms. The molecule has 1 fully saturated rings. The maximum Gasteiger partial charge on any atom is 0.0164 e. The lowest BCUT2D eigenvalue weighted by molar-refractivity contribution is 0.290. The molecule has 0 amide bonds. The van der Waals surface area contributed by atoms with Gasteiger partial charge in [-0.15, -0.1) is 0 Å². The Balaban J connectivity index is 1.83. The van der Waals surface area contributed by atoms with Crippen molar-refractivity contribution >= 4 is 0 Å². The minimum Gasteiger partial charge on any atom is -0.313 e. The number of aryl methyl sites for hydroxylation is 1. The second-order valence-corrected chi connectivity index (χ2v) is 6.72. The van der Waals surface area contributed by atoms with Crippen LogP contribution in [0.5, 0.6) is 0 Å². The minimum absolute atomic E-state index is 0.721. The van der Waals surface area contributed by atoms with Crippen molar-refractivity contribution in [3.05, 3.63) is 35.4 Å². The Hall–Kier alpha value is -0.820. The van der Waals surface area contributed by atoms with Crippen LogP contribution in [0.3, 0.4) is 0 Å². The molecule has 1 aromatic rings. The molecule has 2 atom stereocenters. The van der Waals surface area contributed by atoms with Gasteiger partial charge in [-0.25, -0.2) is 0 Å². The molecule has 0 aliphatic heterocycles. The van der Waals surface area contributed by atoms with Gasteiger partial charge >= 0.3 is 0 Å². The van der Waals surface area contributed by atoms with Crippen LogP contribution in [0.15, 0.2) is 24.3 Å². The normalized spacial score (nSPS) is 24.6. The van der Waals surface area contributed by atoms with Gasteiger partial charge in [0.1, 0.15) is 0 Å². The number of hydrogen-bond donors (Lipinski definition) is 1. The van der Waals surface area contributed by atoms with Gasteiger partial charge in [0.05, 0.1) is 0 Å². The van der Waals surface area contributed by atoms with Crippen molar-refractivity contribution in [1.82, 2.24) is 5.32 Å². The molecule has 1 nitrogen and oxygen atoms in total. The first-order chi connectivity index (χ1) is 9.90. The molecule has 0 spiro atoms. The maximum absolute atomic E-state index is 3.92. The summed E-state index contributed by atoms with van der Waals surface area (Å²) in [6.45, 7) is 3.47. The molecule has 2 aliphatic carbocycles. The van der Waals surface area contributed by atoms with E-state index in [2.05, 4.69) is 36.5 Å². The highest BCUT2D eigenvalue weighted by atomic mass is 14.9. The van der Waals surface area contributed by atoms with E-state index >= 15 is 0 Å². The van der Waals surface area contributed by atoms with E-state index < -0.39 is 0 Å². The van der Waals surface area contributed by atoms with Crippen LogP contribution in [-0.4, -0.2) is 12.6 Å². The van der Waals surface area contributed by atoms with Crippen molar-refractivity contribution in [3.8, 4) is 0 Å². The third-order valence-electron chi connectivity index (χ3n) is 5.39. The standard InChI is InChI=1S/C19H29N/c1-2-14-20-19(16-9-3-4-10-16)18-13-7-11-15-8-5-6-12-17(15)18/h5-6,8,12,16,18-20H,2-4,7,9-11,13-14H2,1H3. The summed E-state index contributed by atoms with van der Waals surface area (Å²) >= 11 is 0. The highest BCUT2D eigenvalue weighted by Gasteiger charge is 2.34. The first kappa shape index (κ1) is 14.1. The van der Waals surface area contributed by atoms with Gasteiger partial charge < -0.3 is 5.32 Å². The summed E-state index contributed by atoms with van der Waals surface area (Å²) in [6.07, 6.45) is 11.1. The van der Waals surface area contributed by atoms with Gasteiger partial charge in [-0.1, -0.05) is 44.0 Å². The van der Waals surface area contributed by atoms with Crippen LogP contribution in [-0.2, 0) is 6.42 Å². The summed E-state index contributed by atoms with van der Waals surface area (Å²) in [6, 6.07) is 9.93. The molecule has 1 aromatic carbocycles. The summed E-state index contributed by atoms with van der Waals surface area (Å²) in [5.74, 6) is 1.67. The van der Waals surface area contributed by atoms with Gasteiger partial charge in [0.25, 0.3) is 0 Å². The van der Waals surface area contributed by atoms with E-state index in [1.807, 2.05) is 0 Å². The van der Waals surface area contributed by atoms with Gasteiger partial charge in [0.15, 0.2) is 0 Å². The first-order valence-corrected chi connectivity index (χ1v) is 8.71. The van der Waals surface area contributed by atoms with E-state index in [-0.39, 0.29) is 0 Å². The van der Waals surface area contributed by atoms with Crippen LogP contribution in [0.4, 0.5) is 0 Å².